The van der Waals surface area contributed by atoms with Crippen LogP contribution in [-0.2, 0) is 4.79 Å². The molecular weight excluding hydrogens is 342 g/mol. The van der Waals surface area contributed by atoms with Crippen molar-refractivity contribution < 1.29 is 4.79 Å². The van der Waals surface area contributed by atoms with Gasteiger partial charge in [-0.3, -0.25) is 4.79 Å². The highest BCUT2D eigenvalue weighted by Gasteiger charge is 2.16. The van der Waals surface area contributed by atoms with Crippen molar-refractivity contribution in [2.75, 3.05) is 24.3 Å². The summed E-state index contributed by atoms with van der Waals surface area (Å²) < 4.78 is 0. The third kappa shape index (κ3) is 4.17. The number of para-hydroxylation sites is 1. The van der Waals surface area contributed by atoms with Gasteiger partial charge in [-0.05, 0) is 55.8 Å². The Morgan fingerprint density at radius 1 is 1.12 bits per heavy atom. The standard InChI is InChI=1S/C21H23N3OS/c1-14-13-20(23-19-8-6-5-7-18(14)19)26-15(2)21(25)22-16-9-11-17(12-10-16)24(3)4/h5-13,15H,1-4H3,(H,22,25)/t15-/m1/s1. The molecule has 0 radical (unpaired) electrons. The van der Waals surface area contributed by atoms with Crippen LogP contribution >= 0.6 is 11.8 Å². The lowest BCUT2D eigenvalue weighted by Gasteiger charge is -2.15. The number of fused-ring (bicyclic) bond motifs is 1. The highest BCUT2D eigenvalue weighted by atomic mass is 32.2. The monoisotopic (exact) mass is 365 g/mol. The average Bonchev–Trinajstić information content (AvgIpc) is 2.62. The number of nitrogens with zero attached hydrogens (tertiary/aromatic N) is 2. The number of carbonyl (C=O) groups is 1. The zero-order chi connectivity index (χ0) is 18.7. The van der Waals surface area contributed by atoms with Crippen molar-refractivity contribution in [2.45, 2.75) is 24.1 Å². The molecule has 0 aliphatic carbocycles. The first-order valence-electron chi connectivity index (χ1n) is 8.55. The number of aromatic nitrogens is 1. The number of hydrogen-bond donors (Lipinski definition) is 1. The number of amides is 1. The Balaban J connectivity index is 1.69. The molecule has 0 saturated heterocycles. The number of benzene rings is 2. The van der Waals surface area contributed by atoms with Crippen LogP contribution in [0.2, 0.25) is 0 Å². The number of thioether (sulfide) groups is 1. The van der Waals surface area contributed by atoms with E-state index in [2.05, 4.69) is 23.3 Å². The summed E-state index contributed by atoms with van der Waals surface area (Å²) in [6.45, 7) is 3.98. The molecule has 0 saturated carbocycles. The van der Waals surface area contributed by atoms with Gasteiger partial charge in [0.05, 0.1) is 15.8 Å². The highest BCUT2D eigenvalue weighted by Crippen LogP contribution is 2.27. The fourth-order valence-corrected chi connectivity index (χ4v) is 3.62. The molecule has 1 atom stereocenters. The van der Waals surface area contributed by atoms with Crippen molar-refractivity contribution >= 4 is 39.9 Å². The number of nitrogens with one attached hydrogen (secondary N) is 1. The van der Waals surface area contributed by atoms with E-state index >= 15 is 0 Å². The molecule has 1 N–H and O–H groups in total. The average molecular weight is 366 g/mol. The Kier molecular flexibility index (Phi) is 5.47. The molecule has 0 unspecified atom stereocenters. The van der Waals surface area contributed by atoms with E-state index in [-0.39, 0.29) is 11.2 Å². The number of carbonyl (C=O) groups excluding carboxylic acids is 1. The molecule has 1 aromatic heterocycles. The van der Waals surface area contributed by atoms with Crippen LogP contribution in [-0.4, -0.2) is 30.2 Å². The van der Waals surface area contributed by atoms with E-state index in [0.29, 0.717) is 0 Å². The molecular formula is C21H23N3OS. The third-order valence-electron chi connectivity index (χ3n) is 4.22. The van der Waals surface area contributed by atoms with Crippen molar-refractivity contribution in [1.82, 2.24) is 4.98 Å². The van der Waals surface area contributed by atoms with Gasteiger partial charge in [-0.2, -0.15) is 0 Å². The van der Waals surface area contributed by atoms with Crippen LogP contribution in [0.15, 0.2) is 59.6 Å². The minimum Gasteiger partial charge on any atom is -0.378 e. The van der Waals surface area contributed by atoms with Crippen LogP contribution in [0.25, 0.3) is 10.9 Å². The summed E-state index contributed by atoms with van der Waals surface area (Å²) in [6, 6.07) is 17.9. The van der Waals surface area contributed by atoms with Gasteiger partial charge in [-0.1, -0.05) is 30.0 Å². The molecule has 0 aliphatic rings. The predicted molar refractivity (Wildman–Crippen MR) is 111 cm³/mol. The maximum Gasteiger partial charge on any atom is 0.237 e. The summed E-state index contributed by atoms with van der Waals surface area (Å²) in [6.07, 6.45) is 0. The Morgan fingerprint density at radius 2 is 1.81 bits per heavy atom. The molecule has 3 rings (SSSR count). The van der Waals surface area contributed by atoms with Crippen molar-refractivity contribution in [3.63, 3.8) is 0 Å². The minimum absolute atomic E-state index is 0.0276. The first-order chi connectivity index (χ1) is 12.4. The SMILES string of the molecule is Cc1cc(S[C@H](C)C(=O)Nc2ccc(N(C)C)cc2)nc2ccccc12. The molecule has 1 heterocycles. The fraction of sp³-hybridized carbons (Fsp3) is 0.238. The lowest BCUT2D eigenvalue weighted by Crippen LogP contribution is -2.22. The Hall–Kier alpha value is -2.53. The largest absolute Gasteiger partial charge is 0.378 e. The smallest absolute Gasteiger partial charge is 0.237 e. The quantitative estimate of drug-likeness (QED) is 0.664. The highest BCUT2D eigenvalue weighted by molar-refractivity contribution is 8.00. The molecule has 2 aromatic carbocycles. The summed E-state index contributed by atoms with van der Waals surface area (Å²) in [5, 5.41) is 4.75. The van der Waals surface area contributed by atoms with Gasteiger partial charge in [0.1, 0.15) is 0 Å². The van der Waals surface area contributed by atoms with Crippen LogP contribution in [0.1, 0.15) is 12.5 Å². The van der Waals surface area contributed by atoms with Crippen molar-refractivity contribution in [3.8, 4) is 0 Å². The Labute approximate surface area is 158 Å². The maximum absolute atomic E-state index is 12.5. The molecule has 5 heteroatoms. The summed E-state index contributed by atoms with van der Waals surface area (Å²) in [7, 11) is 3.98. The van der Waals surface area contributed by atoms with E-state index in [1.54, 1.807) is 0 Å². The number of anilines is 2. The zero-order valence-corrected chi connectivity index (χ0v) is 16.3. The van der Waals surface area contributed by atoms with E-state index in [1.165, 1.54) is 17.3 Å². The third-order valence-corrected chi connectivity index (χ3v) is 5.24. The Bertz CT molecular complexity index is 922. The van der Waals surface area contributed by atoms with Crippen LogP contribution < -0.4 is 10.2 Å². The fourth-order valence-electron chi connectivity index (χ4n) is 2.70. The molecule has 0 bridgehead atoms. The van der Waals surface area contributed by atoms with Crippen LogP contribution in [0.5, 0.6) is 0 Å². The summed E-state index contributed by atoms with van der Waals surface area (Å²) in [5.41, 5.74) is 4.03. The second-order valence-electron chi connectivity index (χ2n) is 6.49. The summed E-state index contributed by atoms with van der Waals surface area (Å²) in [4.78, 5) is 19.2. The van der Waals surface area contributed by atoms with Crippen molar-refractivity contribution in [3.05, 3.63) is 60.2 Å². The van der Waals surface area contributed by atoms with Gasteiger partial charge in [-0.25, -0.2) is 4.98 Å². The number of aryl methyl sites for hydroxylation is 1. The Morgan fingerprint density at radius 3 is 2.50 bits per heavy atom. The van der Waals surface area contributed by atoms with Gasteiger partial charge >= 0.3 is 0 Å². The molecule has 134 valence electrons. The molecule has 0 aliphatic heterocycles. The van der Waals surface area contributed by atoms with Crippen molar-refractivity contribution in [2.24, 2.45) is 0 Å². The van der Waals surface area contributed by atoms with Gasteiger partial charge in [0.15, 0.2) is 0 Å². The van der Waals surface area contributed by atoms with Gasteiger partial charge in [0.2, 0.25) is 5.91 Å². The van der Waals surface area contributed by atoms with E-state index in [9.17, 15) is 4.79 Å². The molecule has 3 aromatic rings. The normalized spacial score (nSPS) is 12.0. The van der Waals surface area contributed by atoms with Gasteiger partial charge in [0.25, 0.3) is 0 Å². The molecule has 4 nitrogen and oxygen atoms in total. The molecule has 0 spiro atoms. The summed E-state index contributed by atoms with van der Waals surface area (Å²) in [5.74, 6) is -0.0276. The second-order valence-corrected chi connectivity index (χ2v) is 7.85. The van der Waals surface area contributed by atoms with Crippen molar-refractivity contribution in [1.29, 1.82) is 0 Å². The van der Waals surface area contributed by atoms with E-state index < -0.39 is 0 Å². The predicted octanol–water partition coefficient (Wildman–Crippen LogP) is 4.73. The summed E-state index contributed by atoms with van der Waals surface area (Å²) >= 11 is 1.48. The van der Waals surface area contributed by atoms with Gasteiger partial charge in [-0.15, -0.1) is 0 Å². The number of hydrogen-bond acceptors (Lipinski definition) is 4. The minimum atomic E-state index is -0.239. The lowest BCUT2D eigenvalue weighted by molar-refractivity contribution is -0.115. The lowest BCUT2D eigenvalue weighted by atomic mass is 10.1. The van der Waals surface area contributed by atoms with E-state index in [1.807, 2.05) is 74.4 Å². The number of pyridine rings is 1. The van der Waals surface area contributed by atoms with E-state index in [4.69, 9.17) is 0 Å². The molecule has 26 heavy (non-hydrogen) atoms. The first-order valence-corrected chi connectivity index (χ1v) is 9.43. The van der Waals surface area contributed by atoms with Crippen LogP contribution in [0, 0.1) is 6.92 Å². The van der Waals surface area contributed by atoms with Crippen LogP contribution in [0.3, 0.4) is 0 Å². The van der Waals surface area contributed by atoms with Gasteiger partial charge < -0.3 is 10.2 Å². The maximum atomic E-state index is 12.5. The van der Waals surface area contributed by atoms with E-state index in [0.717, 1.165) is 27.3 Å². The molecule has 1 amide bonds. The molecule has 0 fully saturated rings. The first kappa shape index (κ1) is 18.3. The van der Waals surface area contributed by atoms with Crippen LogP contribution in [0.4, 0.5) is 11.4 Å². The van der Waals surface area contributed by atoms with Gasteiger partial charge in [0, 0.05) is 30.9 Å². The second kappa shape index (κ2) is 7.79. The number of rotatable bonds is 5. The zero-order valence-electron chi connectivity index (χ0n) is 15.5. The topological polar surface area (TPSA) is 45.2 Å².